The highest BCUT2D eigenvalue weighted by Crippen LogP contribution is 2.38. The van der Waals surface area contributed by atoms with Gasteiger partial charge in [-0.25, -0.2) is 9.59 Å². The largest absolute Gasteiger partial charge is 0.493 e. The van der Waals surface area contributed by atoms with E-state index in [0.29, 0.717) is 28.5 Å². The van der Waals surface area contributed by atoms with Gasteiger partial charge in [0.05, 0.1) is 34.0 Å². The lowest BCUT2D eigenvalue weighted by atomic mass is 10.2. The Bertz CT molecular complexity index is 779. The summed E-state index contributed by atoms with van der Waals surface area (Å²) >= 11 is 0. The molecule has 0 atom stereocenters. The van der Waals surface area contributed by atoms with Crippen LogP contribution in [0.2, 0.25) is 0 Å². The number of urea groups is 1. The quantitative estimate of drug-likeness (QED) is 0.724. The van der Waals surface area contributed by atoms with E-state index in [1.54, 1.807) is 36.4 Å². The van der Waals surface area contributed by atoms with Crippen molar-refractivity contribution < 1.29 is 28.5 Å². The number of carbonyl (C=O) groups is 2. The Morgan fingerprint density at radius 1 is 0.889 bits per heavy atom. The number of esters is 1. The number of anilines is 1. The van der Waals surface area contributed by atoms with E-state index in [1.165, 1.54) is 28.4 Å². The van der Waals surface area contributed by atoms with Gasteiger partial charge in [-0.15, -0.1) is 0 Å². The highest BCUT2D eigenvalue weighted by molar-refractivity contribution is 5.92. The lowest BCUT2D eigenvalue weighted by Gasteiger charge is -2.14. The molecule has 0 saturated heterocycles. The fourth-order valence-corrected chi connectivity index (χ4v) is 2.40. The van der Waals surface area contributed by atoms with E-state index in [4.69, 9.17) is 14.2 Å². The molecule has 0 aliphatic rings. The molecule has 8 heteroatoms. The molecule has 0 heterocycles. The lowest BCUT2D eigenvalue weighted by molar-refractivity contribution is 0.0600. The van der Waals surface area contributed by atoms with Gasteiger partial charge in [-0.3, -0.25) is 0 Å². The van der Waals surface area contributed by atoms with Crippen LogP contribution in [0.15, 0.2) is 36.4 Å². The third-order valence-corrected chi connectivity index (χ3v) is 3.74. The normalized spacial score (nSPS) is 9.93. The van der Waals surface area contributed by atoms with Gasteiger partial charge in [0.15, 0.2) is 11.5 Å². The Morgan fingerprint density at radius 2 is 1.48 bits per heavy atom. The summed E-state index contributed by atoms with van der Waals surface area (Å²) < 4.78 is 20.5. The van der Waals surface area contributed by atoms with E-state index >= 15 is 0 Å². The Hall–Kier alpha value is -3.42. The molecule has 2 N–H and O–H groups in total. The van der Waals surface area contributed by atoms with Gasteiger partial charge < -0.3 is 29.6 Å². The van der Waals surface area contributed by atoms with Gasteiger partial charge in [-0.05, 0) is 42.0 Å². The Balaban J connectivity index is 2.00. The van der Waals surface area contributed by atoms with E-state index in [-0.39, 0.29) is 6.54 Å². The van der Waals surface area contributed by atoms with Gasteiger partial charge in [0.25, 0.3) is 0 Å². The van der Waals surface area contributed by atoms with Crippen LogP contribution in [0.3, 0.4) is 0 Å². The van der Waals surface area contributed by atoms with Crippen LogP contribution in [-0.2, 0) is 11.3 Å². The van der Waals surface area contributed by atoms with E-state index in [0.717, 1.165) is 5.56 Å². The maximum atomic E-state index is 12.1. The van der Waals surface area contributed by atoms with E-state index < -0.39 is 12.0 Å². The molecule has 27 heavy (non-hydrogen) atoms. The van der Waals surface area contributed by atoms with Crippen LogP contribution in [0.25, 0.3) is 0 Å². The zero-order chi connectivity index (χ0) is 19.8. The molecule has 2 rings (SSSR count). The maximum Gasteiger partial charge on any atom is 0.337 e. The number of benzene rings is 2. The van der Waals surface area contributed by atoms with Crippen LogP contribution in [-0.4, -0.2) is 40.4 Å². The molecule has 0 aliphatic carbocycles. The molecule has 2 aromatic rings. The molecule has 8 nitrogen and oxygen atoms in total. The molecule has 2 aromatic carbocycles. The highest BCUT2D eigenvalue weighted by Gasteiger charge is 2.13. The number of methoxy groups -OCH3 is 4. The van der Waals surface area contributed by atoms with Crippen molar-refractivity contribution in [2.24, 2.45) is 0 Å². The molecule has 2 amide bonds. The second kappa shape index (κ2) is 9.33. The second-order valence-electron chi connectivity index (χ2n) is 5.41. The average Bonchev–Trinajstić information content (AvgIpc) is 2.71. The van der Waals surface area contributed by atoms with Crippen molar-refractivity contribution in [2.75, 3.05) is 33.8 Å². The Labute approximate surface area is 157 Å². The molecule has 0 bridgehead atoms. The molecule has 0 aliphatic heterocycles. The first kappa shape index (κ1) is 19.9. The third-order valence-electron chi connectivity index (χ3n) is 3.74. The SMILES string of the molecule is COC(=O)c1ccc(NC(=O)NCc2cc(OC)c(OC)c(OC)c2)cc1. The van der Waals surface area contributed by atoms with Crippen molar-refractivity contribution in [3.05, 3.63) is 47.5 Å². The van der Waals surface area contributed by atoms with Crippen LogP contribution in [0.1, 0.15) is 15.9 Å². The topological polar surface area (TPSA) is 95.1 Å². The van der Waals surface area contributed by atoms with Gasteiger partial charge in [0.2, 0.25) is 5.75 Å². The van der Waals surface area contributed by atoms with Crippen molar-refractivity contribution in [3.8, 4) is 17.2 Å². The smallest absolute Gasteiger partial charge is 0.337 e. The van der Waals surface area contributed by atoms with Crippen LogP contribution < -0.4 is 24.8 Å². The summed E-state index contributed by atoms with van der Waals surface area (Å²) in [6.07, 6.45) is 0. The fraction of sp³-hybridized carbons (Fsp3) is 0.263. The number of ether oxygens (including phenoxy) is 4. The first-order chi connectivity index (χ1) is 13.0. The summed E-state index contributed by atoms with van der Waals surface area (Å²) in [5, 5.41) is 5.43. The molecular weight excluding hydrogens is 352 g/mol. The number of rotatable bonds is 7. The predicted octanol–water partition coefficient (Wildman–Crippen LogP) is 2.82. The van der Waals surface area contributed by atoms with Crippen LogP contribution in [0.5, 0.6) is 17.2 Å². The number of hydrogen-bond acceptors (Lipinski definition) is 6. The first-order valence-electron chi connectivity index (χ1n) is 8.04. The number of nitrogens with one attached hydrogen (secondary N) is 2. The number of hydrogen-bond donors (Lipinski definition) is 2. The van der Waals surface area contributed by atoms with Gasteiger partial charge in [0.1, 0.15) is 0 Å². The van der Waals surface area contributed by atoms with Crippen LogP contribution in [0.4, 0.5) is 10.5 Å². The van der Waals surface area contributed by atoms with Crippen LogP contribution >= 0.6 is 0 Å². The minimum Gasteiger partial charge on any atom is -0.493 e. The molecule has 0 spiro atoms. The first-order valence-corrected chi connectivity index (χ1v) is 8.04. The molecule has 0 radical (unpaired) electrons. The summed E-state index contributed by atoms with van der Waals surface area (Å²) in [5.74, 6) is 1.06. The van der Waals surface area contributed by atoms with Crippen molar-refractivity contribution in [1.82, 2.24) is 5.32 Å². The maximum absolute atomic E-state index is 12.1. The number of carbonyl (C=O) groups excluding carboxylic acids is 2. The average molecular weight is 374 g/mol. The Kier molecular flexibility index (Phi) is 6.87. The van der Waals surface area contributed by atoms with Gasteiger partial charge in [-0.1, -0.05) is 0 Å². The molecular formula is C19H22N2O6. The molecule has 0 saturated carbocycles. The Morgan fingerprint density at radius 3 is 1.96 bits per heavy atom. The molecule has 144 valence electrons. The summed E-state index contributed by atoms with van der Waals surface area (Å²) in [6.45, 7) is 0.253. The molecule has 0 unspecified atom stereocenters. The van der Waals surface area contributed by atoms with E-state index in [2.05, 4.69) is 15.4 Å². The standard InChI is InChI=1S/C19H22N2O6/c1-24-15-9-12(10-16(25-2)17(15)26-3)11-20-19(23)21-14-7-5-13(6-8-14)18(22)27-4/h5-10H,11H2,1-4H3,(H2,20,21,23). The van der Waals surface area contributed by atoms with Crippen LogP contribution in [0, 0.1) is 0 Å². The predicted molar refractivity (Wildman–Crippen MR) is 99.7 cm³/mol. The fourth-order valence-electron chi connectivity index (χ4n) is 2.40. The van der Waals surface area contributed by atoms with Crippen molar-refractivity contribution in [2.45, 2.75) is 6.54 Å². The summed E-state index contributed by atoms with van der Waals surface area (Å²) in [4.78, 5) is 23.5. The monoisotopic (exact) mass is 374 g/mol. The number of amides is 2. The zero-order valence-electron chi connectivity index (χ0n) is 15.6. The second-order valence-corrected chi connectivity index (χ2v) is 5.41. The summed E-state index contributed by atoms with van der Waals surface area (Å²) in [6, 6.07) is 9.49. The van der Waals surface area contributed by atoms with Crippen molar-refractivity contribution in [1.29, 1.82) is 0 Å². The van der Waals surface area contributed by atoms with E-state index in [1.807, 2.05) is 0 Å². The lowest BCUT2D eigenvalue weighted by Crippen LogP contribution is -2.28. The van der Waals surface area contributed by atoms with Crippen molar-refractivity contribution in [3.63, 3.8) is 0 Å². The summed E-state index contributed by atoms with van der Waals surface area (Å²) in [7, 11) is 5.89. The van der Waals surface area contributed by atoms with E-state index in [9.17, 15) is 9.59 Å². The minimum atomic E-state index is -0.437. The highest BCUT2D eigenvalue weighted by atomic mass is 16.5. The third kappa shape index (κ3) is 5.04. The van der Waals surface area contributed by atoms with Gasteiger partial charge in [-0.2, -0.15) is 0 Å². The van der Waals surface area contributed by atoms with Gasteiger partial charge in [0, 0.05) is 12.2 Å². The van der Waals surface area contributed by atoms with Gasteiger partial charge >= 0.3 is 12.0 Å². The minimum absolute atomic E-state index is 0.253. The van der Waals surface area contributed by atoms with Crippen molar-refractivity contribution >= 4 is 17.7 Å². The summed E-state index contributed by atoms with van der Waals surface area (Å²) in [5.41, 5.74) is 1.73. The molecule has 0 aromatic heterocycles. The molecule has 0 fully saturated rings. The zero-order valence-corrected chi connectivity index (χ0v) is 15.6.